The van der Waals surface area contributed by atoms with Crippen LogP contribution in [-0.4, -0.2) is 81.7 Å². The Balaban J connectivity index is 5.32. The van der Waals surface area contributed by atoms with Gasteiger partial charge in [0.25, 0.3) is 0 Å². The number of nitrogens with one attached hydrogen (secondary N) is 3. The number of hydrogen-bond donors (Lipinski definition) is 8. The van der Waals surface area contributed by atoms with Crippen molar-refractivity contribution in [3.63, 3.8) is 0 Å². The maximum Gasteiger partial charge on any atom is 0.326 e. The Morgan fingerprint density at radius 1 is 0.871 bits per heavy atom. The van der Waals surface area contributed by atoms with Crippen LogP contribution in [-0.2, 0) is 28.8 Å². The minimum atomic E-state index is -1.78. The van der Waals surface area contributed by atoms with E-state index in [1.165, 1.54) is 0 Å². The van der Waals surface area contributed by atoms with Gasteiger partial charge in [0.05, 0.1) is 25.5 Å². The van der Waals surface area contributed by atoms with Crippen molar-refractivity contribution in [2.45, 2.75) is 57.3 Å². The summed E-state index contributed by atoms with van der Waals surface area (Å²) in [5.41, 5.74) is 10.5. The third-order valence-corrected chi connectivity index (χ3v) is 4.36. The highest BCUT2D eigenvalue weighted by atomic mass is 16.4. The van der Waals surface area contributed by atoms with E-state index in [-0.39, 0.29) is 0 Å². The molecule has 0 saturated carbocycles. The van der Waals surface area contributed by atoms with Gasteiger partial charge in [-0.3, -0.25) is 24.0 Å². The van der Waals surface area contributed by atoms with Crippen LogP contribution in [0, 0.1) is 5.92 Å². The maximum atomic E-state index is 12.6. The Kier molecular flexibility index (Phi) is 11.7. The van der Waals surface area contributed by atoms with Gasteiger partial charge in [-0.25, -0.2) is 4.79 Å². The molecule has 31 heavy (non-hydrogen) atoms. The van der Waals surface area contributed by atoms with Crippen molar-refractivity contribution in [1.29, 1.82) is 0 Å². The first-order chi connectivity index (χ1) is 14.3. The molecule has 0 heterocycles. The molecule has 0 aromatic carbocycles. The highest BCUT2D eigenvalue weighted by Gasteiger charge is 2.32. The molecule has 5 atom stereocenters. The summed E-state index contributed by atoms with van der Waals surface area (Å²) in [5, 5.41) is 33.6. The summed E-state index contributed by atoms with van der Waals surface area (Å²) in [5.74, 6) is -7.23. The number of carboxylic acids is 2. The predicted octanol–water partition coefficient (Wildman–Crippen LogP) is -3.76. The Labute approximate surface area is 177 Å². The number of primary amides is 1. The van der Waals surface area contributed by atoms with Crippen molar-refractivity contribution in [3.8, 4) is 0 Å². The van der Waals surface area contributed by atoms with E-state index in [2.05, 4.69) is 10.6 Å². The van der Waals surface area contributed by atoms with E-state index >= 15 is 0 Å². The van der Waals surface area contributed by atoms with Gasteiger partial charge in [0.1, 0.15) is 18.1 Å². The molecule has 10 N–H and O–H groups in total. The van der Waals surface area contributed by atoms with E-state index in [0.717, 1.165) is 0 Å². The summed E-state index contributed by atoms with van der Waals surface area (Å²) in [7, 11) is 0. The fourth-order valence-corrected chi connectivity index (χ4v) is 2.37. The van der Waals surface area contributed by atoms with Gasteiger partial charge in [0.15, 0.2) is 0 Å². The summed E-state index contributed by atoms with van der Waals surface area (Å²) in [6.07, 6.45) is -0.960. The van der Waals surface area contributed by atoms with Crippen molar-refractivity contribution in [2.75, 3.05) is 6.61 Å². The van der Waals surface area contributed by atoms with Crippen LogP contribution in [0.5, 0.6) is 0 Å². The average Bonchev–Trinajstić information content (AvgIpc) is 2.67. The standard InChI is InChI=1S/C17H29N5O9/c1-3-7(2)13(22-14(27)8(18)4-11(19)24)16(29)21-10(6-23)15(28)20-9(17(30)31)5-12(25)26/h7-10,13,23H,3-6,18H2,1-2H3,(H2,19,24)(H,20,28)(H,21,29)(H,22,27)(H,25,26)(H,30,31). The van der Waals surface area contributed by atoms with Gasteiger partial charge in [-0.2, -0.15) is 0 Å². The number of nitrogens with two attached hydrogens (primary N) is 2. The smallest absolute Gasteiger partial charge is 0.326 e. The first-order valence-electron chi connectivity index (χ1n) is 9.34. The number of carbonyl (C=O) groups is 6. The van der Waals surface area contributed by atoms with Gasteiger partial charge in [0.2, 0.25) is 23.6 Å². The molecule has 0 aromatic rings. The summed E-state index contributed by atoms with van der Waals surface area (Å²) in [4.78, 5) is 69.7. The van der Waals surface area contributed by atoms with E-state index in [0.29, 0.717) is 6.42 Å². The Morgan fingerprint density at radius 2 is 1.42 bits per heavy atom. The number of rotatable bonds is 14. The second-order valence-corrected chi connectivity index (χ2v) is 6.89. The fraction of sp³-hybridized carbons (Fsp3) is 0.647. The summed E-state index contributed by atoms with van der Waals surface area (Å²) < 4.78 is 0. The molecule has 0 aliphatic heterocycles. The van der Waals surface area contributed by atoms with Gasteiger partial charge in [-0.15, -0.1) is 0 Å². The summed E-state index contributed by atoms with van der Waals surface area (Å²) in [6, 6.07) is -5.91. The van der Waals surface area contributed by atoms with Crippen LogP contribution in [0.15, 0.2) is 0 Å². The van der Waals surface area contributed by atoms with Crippen LogP contribution >= 0.6 is 0 Å². The normalized spacial score (nSPS) is 15.5. The average molecular weight is 447 g/mol. The third-order valence-electron chi connectivity index (χ3n) is 4.36. The van der Waals surface area contributed by atoms with Crippen molar-refractivity contribution in [2.24, 2.45) is 17.4 Å². The van der Waals surface area contributed by atoms with Crippen LogP contribution in [0.2, 0.25) is 0 Å². The molecule has 14 nitrogen and oxygen atoms in total. The van der Waals surface area contributed by atoms with Crippen molar-refractivity contribution in [3.05, 3.63) is 0 Å². The number of amides is 4. The monoisotopic (exact) mass is 447 g/mol. The molecule has 0 aliphatic rings. The van der Waals surface area contributed by atoms with Gasteiger partial charge in [-0.05, 0) is 5.92 Å². The topological polar surface area (TPSA) is 251 Å². The highest BCUT2D eigenvalue weighted by Crippen LogP contribution is 2.09. The van der Waals surface area contributed by atoms with Crippen LogP contribution in [0.4, 0.5) is 0 Å². The summed E-state index contributed by atoms with van der Waals surface area (Å²) in [6.45, 7) is 2.41. The molecule has 0 aromatic heterocycles. The van der Waals surface area contributed by atoms with Gasteiger partial charge >= 0.3 is 11.9 Å². The molecular weight excluding hydrogens is 418 g/mol. The first kappa shape index (κ1) is 27.7. The van der Waals surface area contributed by atoms with E-state index in [1.54, 1.807) is 13.8 Å². The molecule has 4 amide bonds. The lowest BCUT2D eigenvalue weighted by molar-refractivity contribution is -0.147. The molecule has 0 fully saturated rings. The van der Waals surface area contributed by atoms with Gasteiger partial charge in [0, 0.05) is 0 Å². The zero-order valence-electron chi connectivity index (χ0n) is 17.2. The van der Waals surface area contributed by atoms with Crippen LogP contribution in [0.1, 0.15) is 33.1 Å². The molecule has 176 valence electrons. The minimum absolute atomic E-state index is 0.416. The Hall–Kier alpha value is -3.26. The number of hydrogen-bond acceptors (Lipinski definition) is 8. The van der Waals surface area contributed by atoms with Crippen LogP contribution < -0.4 is 27.4 Å². The number of aliphatic hydroxyl groups is 1. The highest BCUT2D eigenvalue weighted by molar-refractivity contribution is 5.95. The zero-order chi connectivity index (χ0) is 24.3. The van der Waals surface area contributed by atoms with Crippen molar-refractivity contribution < 1.29 is 44.1 Å². The second-order valence-electron chi connectivity index (χ2n) is 6.89. The quantitative estimate of drug-likeness (QED) is 0.129. The van der Waals surface area contributed by atoms with E-state index in [1.807, 2.05) is 5.32 Å². The maximum absolute atomic E-state index is 12.6. The Morgan fingerprint density at radius 3 is 1.84 bits per heavy atom. The largest absolute Gasteiger partial charge is 0.481 e. The lowest BCUT2D eigenvalue weighted by Crippen LogP contribution is -2.59. The number of carboxylic acid groups (broad SMARTS) is 2. The predicted molar refractivity (Wildman–Crippen MR) is 104 cm³/mol. The van der Waals surface area contributed by atoms with Crippen LogP contribution in [0.3, 0.4) is 0 Å². The Bertz CT molecular complexity index is 699. The second kappa shape index (κ2) is 13.1. The first-order valence-corrected chi connectivity index (χ1v) is 9.34. The lowest BCUT2D eigenvalue weighted by Gasteiger charge is -2.27. The van der Waals surface area contributed by atoms with Crippen molar-refractivity contribution in [1.82, 2.24) is 16.0 Å². The number of aliphatic carboxylic acids is 2. The number of aliphatic hydroxyl groups excluding tert-OH is 1. The molecule has 5 unspecified atom stereocenters. The summed E-state index contributed by atoms with van der Waals surface area (Å²) >= 11 is 0. The molecule has 0 saturated heterocycles. The number of carbonyl (C=O) groups excluding carboxylic acids is 4. The SMILES string of the molecule is CCC(C)C(NC(=O)C(N)CC(N)=O)C(=O)NC(CO)C(=O)NC(CC(=O)O)C(=O)O. The molecule has 14 heteroatoms. The van der Waals surface area contributed by atoms with E-state index < -0.39 is 85.1 Å². The van der Waals surface area contributed by atoms with E-state index in [9.17, 15) is 33.9 Å². The lowest BCUT2D eigenvalue weighted by atomic mass is 9.97. The molecular formula is C17H29N5O9. The molecule has 0 radical (unpaired) electrons. The zero-order valence-corrected chi connectivity index (χ0v) is 17.2. The fourth-order valence-electron chi connectivity index (χ4n) is 2.37. The molecule has 0 bridgehead atoms. The van der Waals surface area contributed by atoms with Crippen molar-refractivity contribution >= 4 is 35.6 Å². The van der Waals surface area contributed by atoms with Crippen LogP contribution in [0.25, 0.3) is 0 Å². The minimum Gasteiger partial charge on any atom is -0.481 e. The molecule has 0 rings (SSSR count). The molecule has 0 spiro atoms. The third kappa shape index (κ3) is 9.86. The van der Waals surface area contributed by atoms with Gasteiger partial charge < -0.3 is 42.7 Å². The van der Waals surface area contributed by atoms with E-state index in [4.69, 9.17) is 21.7 Å². The molecule has 0 aliphatic carbocycles. The van der Waals surface area contributed by atoms with Gasteiger partial charge in [-0.1, -0.05) is 20.3 Å².